The van der Waals surface area contributed by atoms with E-state index in [0.29, 0.717) is 5.02 Å². The van der Waals surface area contributed by atoms with E-state index in [0.717, 1.165) is 12.1 Å². The van der Waals surface area contributed by atoms with Crippen molar-refractivity contribution in [2.75, 3.05) is 0 Å². The van der Waals surface area contributed by atoms with Crippen LogP contribution in [0.15, 0.2) is 29.2 Å². The molecule has 0 saturated carbocycles. The Labute approximate surface area is 90.8 Å². The lowest BCUT2D eigenvalue weighted by atomic mass is 10.4. The van der Waals surface area contributed by atoms with E-state index in [1.54, 1.807) is 0 Å². The third kappa shape index (κ3) is 2.47. The van der Waals surface area contributed by atoms with E-state index in [2.05, 4.69) is 0 Å². The van der Waals surface area contributed by atoms with Crippen molar-refractivity contribution >= 4 is 27.4 Å². The first-order valence-electron chi connectivity index (χ1n) is 3.76. The van der Waals surface area contributed by atoms with Gasteiger partial charge in [-0.05, 0) is 24.3 Å². The van der Waals surface area contributed by atoms with Crippen molar-refractivity contribution in [2.45, 2.75) is 10.3 Å². The molecule has 2 N–H and O–H groups in total. The summed E-state index contributed by atoms with van der Waals surface area (Å²) in [7, 11) is -4.26. The van der Waals surface area contributed by atoms with Gasteiger partial charge in [-0.1, -0.05) is 11.6 Å². The van der Waals surface area contributed by atoms with Gasteiger partial charge in [-0.3, -0.25) is 0 Å². The molecule has 0 aromatic heterocycles. The first-order chi connectivity index (χ1) is 6.85. The number of aliphatic carboxylic acids is 1. The maximum absolute atomic E-state index is 11.4. The topological polar surface area (TPSA) is 91.7 Å². The van der Waals surface area contributed by atoms with Gasteiger partial charge in [0.2, 0.25) is 9.84 Å². The van der Waals surface area contributed by atoms with Crippen LogP contribution < -0.4 is 0 Å². The number of rotatable bonds is 3. The highest BCUT2D eigenvalue weighted by molar-refractivity contribution is 7.92. The minimum Gasteiger partial charge on any atom is -0.479 e. The van der Waals surface area contributed by atoms with Crippen molar-refractivity contribution in [1.82, 2.24) is 0 Å². The highest BCUT2D eigenvalue weighted by atomic mass is 35.5. The molecule has 0 aliphatic heterocycles. The number of hydrogen-bond acceptors (Lipinski definition) is 4. The number of benzene rings is 1. The number of aliphatic hydroxyl groups excluding tert-OH is 1. The van der Waals surface area contributed by atoms with E-state index < -0.39 is 21.2 Å². The van der Waals surface area contributed by atoms with Crippen LogP contribution >= 0.6 is 11.6 Å². The van der Waals surface area contributed by atoms with E-state index in [9.17, 15) is 13.2 Å². The van der Waals surface area contributed by atoms with Crippen molar-refractivity contribution in [3.63, 3.8) is 0 Å². The molecule has 1 unspecified atom stereocenters. The zero-order valence-electron chi connectivity index (χ0n) is 7.29. The standard InChI is InChI=1S/C8H7ClO5S/c9-5-1-3-6(4-2-5)15(13,14)8(12)7(10)11/h1-4,8,12H,(H,10,11). The molecule has 7 heteroatoms. The lowest BCUT2D eigenvalue weighted by molar-refractivity contribution is -0.142. The summed E-state index contributed by atoms with van der Waals surface area (Å²) in [6.07, 6.45) is 0. The summed E-state index contributed by atoms with van der Waals surface area (Å²) in [5, 5.41) is 17.7. The predicted octanol–water partition coefficient (Wildman–Crippen LogP) is 0.517. The molecular weight excluding hydrogens is 244 g/mol. The highest BCUT2D eigenvalue weighted by Gasteiger charge is 2.31. The van der Waals surface area contributed by atoms with E-state index in [1.165, 1.54) is 12.1 Å². The zero-order chi connectivity index (χ0) is 11.6. The minimum atomic E-state index is -4.26. The quantitative estimate of drug-likeness (QED) is 0.816. The molecule has 1 aromatic rings. The molecule has 5 nitrogen and oxygen atoms in total. The first-order valence-corrected chi connectivity index (χ1v) is 5.68. The first kappa shape index (κ1) is 12.0. The molecule has 1 rings (SSSR count). The number of hydrogen-bond donors (Lipinski definition) is 2. The van der Waals surface area contributed by atoms with Crippen LogP contribution in [0.4, 0.5) is 0 Å². The van der Waals surface area contributed by atoms with E-state index >= 15 is 0 Å². The Morgan fingerprint density at radius 2 is 1.73 bits per heavy atom. The van der Waals surface area contributed by atoms with Crippen LogP contribution in [0.25, 0.3) is 0 Å². The maximum atomic E-state index is 11.4. The molecule has 0 bridgehead atoms. The summed E-state index contributed by atoms with van der Waals surface area (Å²) in [4.78, 5) is 10.0. The number of aliphatic hydroxyl groups is 1. The second-order valence-electron chi connectivity index (χ2n) is 2.69. The molecule has 0 aliphatic carbocycles. The second-order valence-corrected chi connectivity index (χ2v) is 5.13. The van der Waals surface area contributed by atoms with Crippen LogP contribution in [-0.4, -0.2) is 30.0 Å². The molecule has 82 valence electrons. The number of halogens is 1. The summed E-state index contributed by atoms with van der Waals surface area (Å²) < 4.78 is 22.8. The lowest BCUT2D eigenvalue weighted by Gasteiger charge is -2.07. The number of carboxylic acid groups (broad SMARTS) is 1. The SMILES string of the molecule is O=C(O)C(O)S(=O)(=O)c1ccc(Cl)cc1. The Balaban J connectivity index is 3.17. The summed E-state index contributed by atoms with van der Waals surface area (Å²) in [5.41, 5.74) is -2.46. The van der Waals surface area contributed by atoms with Crippen molar-refractivity contribution in [3.05, 3.63) is 29.3 Å². The van der Waals surface area contributed by atoms with Gasteiger partial charge < -0.3 is 10.2 Å². The van der Waals surface area contributed by atoms with Crippen LogP contribution in [0.1, 0.15) is 0 Å². The highest BCUT2D eigenvalue weighted by Crippen LogP contribution is 2.17. The Hall–Kier alpha value is -1.11. The van der Waals surface area contributed by atoms with Gasteiger partial charge in [-0.2, -0.15) is 0 Å². The summed E-state index contributed by atoms with van der Waals surface area (Å²) in [6.45, 7) is 0. The third-order valence-corrected chi connectivity index (χ3v) is 3.62. The largest absolute Gasteiger partial charge is 0.479 e. The van der Waals surface area contributed by atoms with Gasteiger partial charge in [-0.25, -0.2) is 13.2 Å². The number of carbonyl (C=O) groups is 1. The van der Waals surface area contributed by atoms with Crippen LogP contribution in [-0.2, 0) is 14.6 Å². The number of carboxylic acids is 1. The molecule has 0 heterocycles. The summed E-state index contributed by atoms with van der Waals surface area (Å²) in [6, 6.07) is 4.85. The monoisotopic (exact) mass is 250 g/mol. The molecule has 0 aliphatic rings. The molecule has 15 heavy (non-hydrogen) atoms. The van der Waals surface area contributed by atoms with Gasteiger partial charge in [0.05, 0.1) is 4.90 Å². The Kier molecular flexibility index (Phi) is 3.33. The average molecular weight is 251 g/mol. The van der Waals surface area contributed by atoms with Crippen molar-refractivity contribution in [2.24, 2.45) is 0 Å². The Morgan fingerprint density at radius 3 is 2.13 bits per heavy atom. The molecule has 1 aromatic carbocycles. The predicted molar refractivity (Wildman–Crippen MR) is 52.3 cm³/mol. The molecular formula is C8H7ClO5S. The summed E-state index contributed by atoms with van der Waals surface area (Å²) in [5.74, 6) is -1.81. The molecule has 0 fully saturated rings. The smallest absolute Gasteiger partial charge is 0.348 e. The van der Waals surface area contributed by atoms with Gasteiger partial charge in [0.15, 0.2) is 0 Å². The average Bonchev–Trinajstić information content (AvgIpc) is 2.17. The Morgan fingerprint density at radius 1 is 1.27 bits per heavy atom. The molecule has 0 amide bonds. The van der Waals surface area contributed by atoms with Gasteiger partial charge in [-0.15, -0.1) is 0 Å². The summed E-state index contributed by atoms with van der Waals surface area (Å²) >= 11 is 5.53. The second kappa shape index (κ2) is 4.18. The van der Waals surface area contributed by atoms with E-state index in [4.69, 9.17) is 21.8 Å². The molecule has 0 spiro atoms. The molecule has 0 saturated heterocycles. The van der Waals surface area contributed by atoms with Crippen LogP contribution in [0.3, 0.4) is 0 Å². The van der Waals surface area contributed by atoms with Crippen molar-refractivity contribution in [3.8, 4) is 0 Å². The number of sulfone groups is 1. The fourth-order valence-electron chi connectivity index (χ4n) is 0.886. The Bertz CT molecular complexity index is 464. The van der Waals surface area contributed by atoms with Crippen LogP contribution in [0.5, 0.6) is 0 Å². The lowest BCUT2D eigenvalue weighted by Crippen LogP contribution is -2.29. The van der Waals surface area contributed by atoms with Gasteiger partial charge in [0.25, 0.3) is 5.44 Å². The van der Waals surface area contributed by atoms with Gasteiger partial charge in [0, 0.05) is 5.02 Å². The fourth-order valence-corrected chi connectivity index (χ4v) is 2.05. The molecule has 0 radical (unpaired) electrons. The third-order valence-electron chi connectivity index (χ3n) is 1.65. The normalized spacial score (nSPS) is 13.5. The minimum absolute atomic E-state index is 0.290. The van der Waals surface area contributed by atoms with Crippen LogP contribution in [0.2, 0.25) is 5.02 Å². The molecule has 1 atom stereocenters. The maximum Gasteiger partial charge on any atom is 0.348 e. The van der Waals surface area contributed by atoms with Crippen molar-refractivity contribution in [1.29, 1.82) is 0 Å². The zero-order valence-corrected chi connectivity index (χ0v) is 8.86. The fraction of sp³-hybridized carbons (Fsp3) is 0.125. The van der Waals surface area contributed by atoms with Gasteiger partial charge >= 0.3 is 5.97 Å². The van der Waals surface area contributed by atoms with Crippen LogP contribution in [0, 0.1) is 0 Å². The van der Waals surface area contributed by atoms with E-state index in [-0.39, 0.29) is 4.90 Å². The van der Waals surface area contributed by atoms with Crippen molar-refractivity contribution < 1.29 is 23.4 Å². The van der Waals surface area contributed by atoms with Gasteiger partial charge in [0.1, 0.15) is 0 Å². The van der Waals surface area contributed by atoms with E-state index in [1.807, 2.05) is 0 Å².